The molecule has 0 bridgehead atoms. The van der Waals surface area contributed by atoms with E-state index < -0.39 is 0 Å². The molecule has 0 aliphatic carbocycles. The Morgan fingerprint density at radius 3 is 2.47 bits per heavy atom. The minimum atomic E-state index is 0.419. The Balaban J connectivity index is 1.84. The first kappa shape index (κ1) is 14.1. The molecule has 0 spiro atoms. The summed E-state index contributed by atoms with van der Waals surface area (Å²) in [6, 6.07) is 3.81. The molecule has 19 heavy (non-hydrogen) atoms. The van der Waals surface area contributed by atoms with Crippen LogP contribution in [0.25, 0.3) is 0 Å². The number of anilines is 2. The number of nitrogen functional groups attached to an aromatic ring is 1. The molecule has 1 aromatic rings. The van der Waals surface area contributed by atoms with Crippen molar-refractivity contribution < 1.29 is 0 Å². The molecular formula is C15H26N4. The van der Waals surface area contributed by atoms with Crippen molar-refractivity contribution in [3.63, 3.8) is 0 Å². The van der Waals surface area contributed by atoms with Crippen LogP contribution in [-0.2, 0) is 0 Å². The van der Waals surface area contributed by atoms with Gasteiger partial charge >= 0.3 is 0 Å². The third-order valence-corrected chi connectivity index (χ3v) is 3.67. The van der Waals surface area contributed by atoms with Gasteiger partial charge in [0.15, 0.2) is 5.82 Å². The predicted octanol–water partition coefficient (Wildman–Crippen LogP) is 2.22. The van der Waals surface area contributed by atoms with Gasteiger partial charge in [-0.05, 0) is 30.5 Å². The van der Waals surface area contributed by atoms with Gasteiger partial charge in [-0.2, -0.15) is 0 Å². The number of hydrogen-bond donors (Lipinski definition) is 1. The van der Waals surface area contributed by atoms with E-state index in [1.807, 2.05) is 18.3 Å². The summed E-state index contributed by atoms with van der Waals surface area (Å²) in [7, 11) is 0. The van der Waals surface area contributed by atoms with Crippen LogP contribution in [0.4, 0.5) is 11.5 Å². The van der Waals surface area contributed by atoms with Crippen molar-refractivity contribution >= 4 is 11.5 Å². The van der Waals surface area contributed by atoms with Crippen LogP contribution in [0.15, 0.2) is 18.3 Å². The van der Waals surface area contributed by atoms with E-state index in [4.69, 9.17) is 5.73 Å². The molecule has 0 aromatic carbocycles. The minimum absolute atomic E-state index is 0.419. The highest BCUT2D eigenvalue weighted by Crippen LogP contribution is 2.22. The molecule has 0 atom stereocenters. The SMILES string of the molecule is CC(C)(C)CCN1CCN(c2ncccc2N)CC1. The monoisotopic (exact) mass is 262 g/mol. The van der Waals surface area contributed by atoms with E-state index in [-0.39, 0.29) is 0 Å². The second kappa shape index (κ2) is 5.78. The van der Waals surface area contributed by atoms with Gasteiger partial charge in [0, 0.05) is 32.4 Å². The van der Waals surface area contributed by atoms with Gasteiger partial charge in [0.25, 0.3) is 0 Å². The van der Waals surface area contributed by atoms with E-state index in [9.17, 15) is 0 Å². The summed E-state index contributed by atoms with van der Waals surface area (Å²) in [4.78, 5) is 9.23. The standard InChI is InChI=1S/C15H26N4/c1-15(2,3)6-8-18-9-11-19(12-10-18)14-13(16)5-4-7-17-14/h4-5,7H,6,8-12,16H2,1-3H3. The summed E-state index contributed by atoms with van der Waals surface area (Å²) < 4.78 is 0. The lowest BCUT2D eigenvalue weighted by Gasteiger charge is -2.36. The predicted molar refractivity (Wildman–Crippen MR) is 81.4 cm³/mol. The molecule has 0 amide bonds. The maximum atomic E-state index is 5.98. The first-order valence-electron chi connectivity index (χ1n) is 7.13. The summed E-state index contributed by atoms with van der Waals surface area (Å²) in [6.45, 7) is 12.3. The lowest BCUT2D eigenvalue weighted by atomic mass is 9.92. The second-order valence-corrected chi connectivity index (χ2v) is 6.56. The summed E-state index contributed by atoms with van der Waals surface area (Å²) >= 11 is 0. The third-order valence-electron chi connectivity index (χ3n) is 3.67. The van der Waals surface area contributed by atoms with Gasteiger partial charge in [-0.1, -0.05) is 20.8 Å². The fraction of sp³-hybridized carbons (Fsp3) is 0.667. The summed E-state index contributed by atoms with van der Waals surface area (Å²) in [6.07, 6.45) is 3.07. The molecule has 1 aliphatic heterocycles. The fourth-order valence-corrected chi connectivity index (χ4v) is 2.35. The number of hydrogen-bond acceptors (Lipinski definition) is 4. The lowest BCUT2D eigenvalue weighted by Crippen LogP contribution is -2.47. The number of aromatic nitrogens is 1. The molecule has 2 rings (SSSR count). The highest BCUT2D eigenvalue weighted by atomic mass is 15.3. The van der Waals surface area contributed by atoms with Crippen molar-refractivity contribution in [2.24, 2.45) is 5.41 Å². The average molecular weight is 262 g/mol. The van der Waals surface area contributed by atoms with Gasteiger partial charge in [0.1, 0.15) is 0 Å². The van der Waals surface area contributed by atoms with E-state index in [1.54, 1.807) is 0 Å². The zero-order valence-corrected chi connectivity index (χ0v) is 12.4. The highest BCUT2D eigenvalue weighted by molar-refractivity contribution is 5.62. The first-order valence-corrected chi connectivity index (χ1v) is 7.13. The van der Waals surface area contributed by atoms with Gasteiger partial charge in [0.2, 0.25) is 0 Å². The van der Waals surface area contributed by atoms with Crippen molar-refractivity contribution in [1.29, 1.82) is 0 Å². The molecule has 0 saturated carbocycles. The number of nitrogens with zero attached hydrogens (tertiary/aromatic N) is 3. The highest BCUT2D eigenvalue weighted by Gasteiger charge is 2.20. The van der Waals surface area contributed by atoms with Gasteiger partial charge in [-0.25, -0.2) is 4.98 Å². The van der Waals surface area contributed by atoms with Gasteiger partial charge in [-0.3, -0.25) is 4.90 Å². The Labute approximate surface area is 116 Å². The minimum Gasteiger partial charge on any atom is -0.396 e. The van der Waals surface area contributed by atoms with Crippen LogP contribution in [0.1, 0.15) is 27.2 Å². The van der Waals surface area contributed by atoms with Gasteiger partial charge in [0.05, 0.1) is 5.69 Å². The Kier molecular flexibility index (Phi) is 4.30. The molecular weight excluding hydrogens is 236 g/mol. The maximum Gasteiger partial charge on any atom is 0.151 e. The normalized spacial score (nSPS) is 17.7. The van der Waals surface area contributed by atoms with E-state index >= 15 is 0 Å². The maximum absolute atomic E-state index is 5.98. The van der Waals surface area contributed by atoms with Crippen LogP contribution in [0.3, 0.4) is 0 Å². The van der Waals surface area contributed by atoms with Crippen molar-refractivity contribution in [2.45, 2.75) is 27.2 Å². The largest absolute Gasteiger partial charge is 0.396 e. The molecule has 2 N–H and O–H groups in total. The second-order valence-electron chi connectivity index (χ2n) is 6.56. The number of piperazine rings is 1. The molecule has 0 radical (unpaired) electrons. The quantitative estimate of drug-likeness (QED) is 0.907. The summed E-state index contributed by atoms with van der Waals surface area (Å²) in [5, 5.41) is 0. The topological polar surface area (TPSA) is 45.4 Å². The van der Waals surface area contributed by atoms with E-state index in [0.717, 1.165) is 37.7 Å². The molecule has 106 valence electrons. The molecule has 2 heterocycles. The van der Waals surface area contributed by atoms with Crippen LogP contribution in [0, 0.1) is 5.41 Å². The van der Waals surface area contributed by atoms with Crippen molar-refractivity contribution in [3.05, 3.63) is 18.3 Å². The molecule has 1 aliphatic rings. The van der Waals surface area contributed by atoms with Crippen LogP contribution in [0.5, 0.6) is 0 Å². The number of nitrogens with two attached hydrogens (primary N) is 1. The molecule has 1 fully saturated rings. The van der Waals surface area contributed by atoms with Crippen LogP contribution in [-0.4, -0.2) is 42.6 Å². The molecule has 1 aromatic heterocycles. The van der Waals surface area contributed by atoms with E-state index in [0.29, 0.717) is 5.41 Å². The smallest absolute Gasteiger partial charge is 0.151 e. The van der Waals surface area contributed by atoms with E-state index in [2.05, 4.69) is 35.6 Å². The molecule has 4 nitrogen and oxygen atoms in total. The van der Waals surface area contributed by atoms with Crippen LogP contribution < -0.4 is 10.6 Å². The summed E-state index contributed by atoms with van der Waals surface area (Å²) in [5.41, 5.74) is 7.19. The molecule has 0 unspecified atom stereocenters. The van der Waals surface area contributed by atoms with Gasteiger partial charge < -0.3 is 10.6 Å². The molecule has 4 heteroatoms. The Morgan fingerprint density at radius 1 is 1.21 bits per heavy atom. The zero-order chi connectivity index (χ0) is 13.9. The Morgan fingerprint density at radius 2 is 1.89 bits per heavy atom. The van der Waals surface area contributed by atoms with Crippen molar-refractivity contribution in [1.82, 2.24) is 9.88 Å². The Bertz CT molecular complexity index is 403. The van der Waals surface area contributed by atoms with Gasteiger partial charge in [-0.15, -0.1) is 0 Å². The van der Waals surface area contributed by atoms with Crippen molar-refractivity contribution in [3.8, 4) is 0 Å². The first-order chi connectivity index (χ1) is 8.96. The Hall–Kier alpha value is -1.29. The molecule has 1 saturated heterocycles. The number of pyridine rings is 1. The van der Waals surface area contributed by atoms with Crippen LogP contribution >= 0.6 is 0 Å². The third kappa shape index (κ3) is 4.10. The average Bonchev–Trinajstić information content (AvgIpc) is 2.37. The van der Waals surface area contributed by atoms with Crippen LogP contribution in [0.2, 0.25) is 0 Å². The van der Waals surface area contributed by atoms with Crippen molar-refractivity contribution in [2.75, 3.05) is 43.4 Å². The lowest BCUT2D eigenvalue weighted by molar-refractivity contribution is 0.217. The summed E-state index contributed by atoms with van der Waals surface area (Å²) in [5.74, 6) is 0.943. The zero-order valence-electron chi connectivity index (χ0n) is 12.4. The van der Waals surface area contributed by atoms with E-state index in [1.165, 1.54) is 13.0 Å². The number of rotatable bonds is 3. The fourth-order valence-electron chi connectivity index (χ4n) is 2.35.